The third kappa shape index (κ3) is 7.87. The van der Waals surface area contributed by atoms with Crippen LogP contribution >= 0.6 is 0 Å². The second-order valence-electron chi connectivity index (χ2n) is 7.79. The fourth-order valence-corrected chi connectivity index (χ4v) is 3.39. The molecule has 10 nitrogen and oxygen atoms in total. The molecule has 0 saturated heterocycles. The van der Waals surface area contributed by atoms with Gasteiger partial charge in [-0.2, -0.15) is 15.0 Å². The SMILES string of the molecule is COc1ncc(C(C)Cc2nc(N[C@@H](CO)CC(C)C)nc(NS(C)(=O)=O)n2)cc1F. The lowest BCUT2D eigenvalue weighted by Gasteiger charge is -2.19. The molecule has 0 aliphatic carbocycles. The second-order valence-corrected chi connectivity index (χ2v) is 9.54. The molecular formula is C19H29FN6O4S. The van der Waals surface area contributed by atoms with Gasteiger partial charge >= 0.3 is 0 Å². The zero-order chi connectivity index (χ0) is 23.2. The van der Waals surface area contributed by atoms with Gasteiger partial charge in [-0.1, -0.05) is 20.8 Å². The number of sulfonamides is 1. The van der Waals surface area contributed by atoms with Crippen LogP contribution < -0.4 is 14.8 Å². The molecule has 0 amide bonds. The lowest BCUT2D eigenvalue weighted by Crippen LogP contribution is -2.27. The highest BCUT2D eigenvalue weighted by molar-refractivity contribution is 7.91. The molecule has 2 aromatic heterocycles. The van der Waals surface area contributed by atoms with Crippen molar-refractivity contribution in [3.05, 3.63) is 29.5 Å². The van der Waals surface area contributed by atoms with Crippen molar-refractivity contribution in [1.82, 2.24) is 19.9 Å². The lowest BCUT2D eigenvalue weighted by atomic mass is 9.99. The molecule has 3 N–H and O–H groups in total. The van der Waals surface area contributed by atoms with Crippen LogP contribution in [0.15, 0.2) is 12.3 Å². The zero-order valence-electron chi connectivity index (χ0n) is 18.3. The summed E-state index contributed by atoms with van der Waals surface area (Å²) in [7, 11) is -2.27. The summed E-state index contributed by atoms with van der Waals surface area (Å²) in [5.74, 6) is -0.278. The Morgan fingerprint density at radius 1 is 1.19 bits per heavy atom. The summed E-state index contributed by atoms with van der Waals surface area (Å²) in [6.07, 6.45) is 3.44. The maximum atomic E-state index is 14.0. The number of aliphatic hydroxyl groups excluding tert-OH is 1. The van der Waals surface area contributed by atoms with Crippen LogP contribution in [0.25, 0.3) is 0 Å². The van der Waals surface area contributed by atoms with E-state index in [1.807, 2.05) is 20.8 Å². The molecule has 0 radical (unpaired) electrons. The van der Waals surface area contributed by atoms with E-state index >= 15 is 0 Å². The molecule has 31 heavy (non-hydrogen) atoms. The summed E-state index contributed by atoms with van der Waals surface area (Å²) in [5.41, 5.74) is 0.610. The molecule has 12 heteroatoms. The number of ether oxygens (including phenoxy) is 1. The van der Waals surface area contributed by atoms with Crippen molar-refractivity contribution in [3.8, 4) is 5.88 Å². The van der Waals surface area contributed by atoms with Crippen LogP contribution in [0.5, 0.6) is 5.88 Å². The van der Waals surface area contributed by atoms with Gasteiger partial charge in [-0.15, -0.1) is 0 Å². The van der Waals surface area contributed by atoms with Crippen LogP contribution in [-0.2, 0) is 16.4 Å². The van der Waals surface area contributed by atoms with Crippen LogP contribution in [0.1, 0.15) is 44.5 Å². The van der Waals surface area contributed by atoms with Crippen molar-refractivity contribution in [3.63, 3.8) is 0 Å². The first kappa shape index (κ1) is 24.7. The van der Waals surface area contributed by atoms with Gasteiger partial charge in [0.1, 0.15) is 5.82 Å². The Morgan fingerprint density at radius 3 is 2.42 bits per heavy atom. The average Bonchev–Trinajstić information content (AvgIpc) is 2.65. The molecule has 0 bridgehead atoms. The molecule has 2 heterocycles. The van der Waals surface area contributed by atoms with Crippen molar-refractivity contribution in [2.45, 2.75) is 45.6 Å². The first-order valence-corrected chi connectivity index (χ1v) is 11.7. The number of hydrogen-bond donors (Lipinski definition) is 3. The van der Waals surface area contributed by atoms with Gasteiger partial charge in [-0.05, 0) is 29.9 Å². The molecular weight excluding hydrogens is 427 g/mol. The second kappa shape index (κ2) is 10.6. The highest BCUT2D eigenvalue weighted by Crippen LogP contribution is 2.23. The summed E-state index contributed by atoms with van der Waals surface area (Å²) in [6.45, 7) is 5.74. The normalized spacial score (nSPS) is 13.7. The van der Waals surface area contributed by atoms with Gasteiger partial charge in [0, 0.05) is 12.6 Å². The Kier molecular flexibility index (Phi) is 8.45. The number of rotatable bonds is 11. The third-order valence-corrected chi connectivity index (χ3v) is 4.90. The number of methoxy groups -OCH3 is 1. The minimum atomic E-state index is -3.61. The maximum absolute atomic E-state index is 14.0. The Hall–Kier alpha value is -2.60. The van der Waals surface area contributed by atoms with E-state index in [0.29, 0.717) is 23.7 Å². The van der Waals surface area contributed by atoms with Gasteiger partial charge in [-0.3, -0.25) is 4.72 Å². The van der Waals surface area contributed by atoms with E-state index in [4.69, 9.17) is 4.74 Å². The first-order chi connectivity index (χ1) is 14.5. The van der Waals surface area contributed by atoms with E-state index in [2.05, 4.69) is 30.0 Å². The molecule has 0 saturated carbocycles. The highest BCUT2D eigenvalue weighted by Gasteiger charge is 2.18. The molecule has 2 aromatic rings. The topological polar surface area (TPSA) is 139 Å². The average molecular weight is 457 g/mol. The standard InChI is InChI=1S/C19H29FN6O4S/c1-11(2)6-14(10-27)22-18-23-16(24-19(25-18)26-31(5,28)29)7-12(3)13-8-15(20)17(30-4)21-9-13/h8-9,11-12,14,27H,6-7,10H2,1-5H3,(H2,22,23,24,25,26)/t12?,14-/m1/s1. The van der Waals surface area contributed by atoms with E-state index < -0.39 is 15.8 Å². The molecule has 0 aliphatic rings. The molecule has 2 atom stereocenters. The van der Waals surface area contributed by atoms with Gasteiger partial charge in [0.2, 0.25) is 27.8 Å². The Labute approximate surface area is 181 Å². The van der Waals surface area contributed by atoms with Crippen molar-refractivity contribution in [2.24, 2.45) is 5.92 Å². The van der Waals surface area contributed by atoms with Crippen molar-refractivity contribution < 1.29 is 22.7 Å². The van der Waals surface area contributed by atoms with E-state index in [-0.39, 0.29) is 42.8 Å². The van der Waals surface area contributed by atoms with E-state index in [1.165, 1.54) is 19.4 Å². The Morgan fingerprint density at radius 2 is 1.87 bits per heavy atom. The fourth-order valence-electron chi connectivity index (χ4n) is 2.97. The molecule has 0 aromatic carbocycles. The number of pyridine rings is 1. The number of hydrogen-bond acceptors (Lipinski definition) is 9. The number of aliphatic hydroxyl groups is 1. The minimum Gasteiger partial charge on any atom is -0.479 e. The zero-order valence-corrected chi connectivity index (χ0v) is 19.1. The van der Waals surface area contributed by atoms with E-state index in [9.17, 15) is 17.9 Å². The third-order valence-electron chi connectivity index (χ3n) is 4.35. The van der Waals surface area contributed by atoms with Gasteiger partial charge in [0.25, 0.3) is 0 Å². The number of aromatic nitrogens is 4. The van der Waals surface area contributed by atoms with Crippen molar-refractivity contribution >= 4 is 21.9 Å². The Bertz CT molecular complexity index is 989. The van der Waals surface area contributed by atoms with Crippen LogP contribution in [0.4, 0.5) is 16.3 Å². The monoisotopic (exact) mass is 456 g/mol. The van der Waals surface area contributed by atoms with Gasteiger partial charge in [-0.25, -0.2) is 17.8 Å². The van der Waals surface area contributed by atoms with E-state index in [1.54, 1.807) is 0 Å². The molecule has 1 unspecified atom stereocenters. The highest BCUT2D eigenvalue weighted by atomic mass is 32.2. The summed E-state index contributed by atoms with van der Waals surface area (Å²) in [5, 5.41) is 12.7. The number of anilines is 2. The van der Waals surface area contributed by atoms with Gasteiger partial charge in [0.15, 0.2) is 5.82 Å². The largest absolute Gasteiger partial charge is 0.479 e. The Balaban J connectivity index is 2.31. The molecule has 0 fully saturated rings. The van der Waals surface area contributed by atoms with Gasteiger partial charge in [0.05, 0.1) is 26.0 Å². The smallest absolute Gasteiger partial charge is 0.250 e. The maximum Gasteiger partial charge on any atom is 0.250 e. The van der Waals surface area contributed by atoms with E-state index in [0.717, 1.165) is 6.26 Å². The summed E-state index contributed by atoms with van der Waals surface area (Å²) >= 11 is 0. The number of nitrogens with one attached hydrogen (secondary N) is 2. The lowest BCUT2D eigenvalue weighted by molar-refractivity contribution is 0.259. The predicted octanol–water partition coefficient (Wildman–Crippen LogP) is 1.95. The first-order valence-electron chi connectivity index (χ1n) is 9.80. The van der Waals surface area contributed by atoms with Crippen molar-refractivity contribution in [1.29, 1.82) is 0 Å². The van der Waals surface area contributed by atoms with Crippen LogP contribution in [0.3, 0.4) is 0 Å². The molecule has 0 spiro atoms. The fraction of sp³-hybridized carbons (Fsp3) is 0.579. The van der Waals surface area contributed by atoms with Gasteiger partial charge < -0.3 is 15.2 Å². The molecule has 2 rings (SSSR count). The predicted molar refractivity (Wildman–Crippen MR) is 115 cm³/mol. The number of halogens is 1. The molecule has 172 valence electrons. The molecule has 0 aliphatic heterocycles. The minimum absolute atomic E-state index is 0.0950. The van der Waals surface area contributed by atoms with Crippen molar-refractivity contribution in [2.75, 3.05) is 30.0 Å². The van der Waals surface area contributed by atoms with Crippen LogP contribution in [0, 0.1) is 11.7 Å². The quantitative estimate of drug-likeness (QED) is 0.463. The summed E-state index contributed by atoms with van der Waals surface area (Å²) < 4.78 is 44.4. The van der Waals surface area contributed by atoms with Crippen LogP contribution in [0.2, 0.25) is 0 Å². The van der Waals surface area contributed by atoms with Crippen LogP contribution in [-0.4, -0.2) is 59.5 Å². The summed E-state index contributed by atoms with van der Waals surface area (Å²) in [4.78, 5) is 16.6. The summed E-state index contributed by atoms with van der Waals surface area (Å²) in [6, 6.07) is 1.02. The number of nitrogens with zero attached hydrogens (tertiary/aromatic N) is 4.